The predicted molar refractivity (Wildman–Crippen MR) is 73.4 cm³/mol. The first-order valence-electron chi connectivity index (χ1n) is 6.64. The van der Waals surface area contributed by atoms with Gasteiger partial charge < -0.3 is 10.6 Å². The molecule has 0 bridgehead atoms. The van der Waals surface area contributed by atoms with Gasteiger partial charge in [0.2, 0.25) is 5.91 Å². The lowest BCUT2D eigenvalue weighted by Gasteiger charge is -2.17. The number of nitrogens with two attached hydrogens (primary N) is 1. The minimum Gasteiger partial charge on any atom is -0.342 e. The van der Waals surface area contributed by atoms with E-state index in [4.69, 9.17) is 5.73 Å². The van der Waals surface area contributed by atoms with Gasteiger partial charge in [0.1, 0.15) is 0 Å². The summed E-state index contributed by atoms with van der Waals surface area (Å²) < 4.78 is 0. The molecule has 98 valence electrons. The number of hydrogen-bond acceptors (Lipinski definition) is 2. The van der Waals surface area contributed by atoms with Crippen molar-refractivity contribution >= 4 is 5.91 Å². The predicted octanol–water partition coefficient (Wildman–Crippen LogP) is 1.65. The zero-order valence-corrected chi connectivity index (χ0v) is 11.3. The van der Waals surface area contributed by atoms with E-state index in [0.717, 1.165) is 19.5 Å². The highest BCUT2D eigenvalue weighted by molar-refractivity contribution is 5.78. The molecule has 1 aromatic rings. The summed E-state index contributed by atoms with van der Waals surface area (Å²) in [5.41, 5.74) is 9.57. The van der Waals surface area contributed by atoms with Gasteiger partial charge >= 0.3 is 0 Å². The van der Waals surface area contributed by atoms with Crippen LogP contribution < -0.4 is 5.73 Å². The van der Waals surface area contributed by atoms with Gasteiger partial charge in [-0.05, 0) is 43.9 Å². The molecule has 0 spiro atoms. The first kappa shape index (κ1) is 13.1. The highest BCUT2D eigenvalue weighted by Gasteiger charge is 2.27. The van der Waals surface area contributed by atoms with Gasteiger partial charge in [0.25, 0.3) is 0 Å². The third-order valence-electron chi connectivity index (χ3n) is 3.78. The van der Waals surface area contributed by atoms with Gasteiger partial charge in [-0.2, -0.15) is 0 Å². The van der Waals surface area contributed by atoms with Crippen molar-refractivity contribution in [3.8, 4) is 0 Å². The van der Waals surface area contributed by atoms with Gasteiger partial charge in [0.15, 0.2) is 0 Å². The number of aryl methyl sites for hydroxylation is 2. The van der Waals surface area contributed by atoms with Crippen LogP contribution in [-0.2, 0) is 11.2 Å². The van der Waals surface area contributed by atoms with Crippen molar-refractivity contribution in [3.05, 3.63) is 34.9 Å². The van der Waals surface area contributed by atoms with Crippen LogP contribution in [0.2, 0.25) is 0 Å². The Morgan fingerprint density at radius 3 is 2.78 bits per heavy atom. The number of carbonyl (C=O) groups excluding carboxylic acids is 1. The molecule has 3 heteroatoms. The Kier molecular flexibility index (Phi) is 4.02. The summed E-state index contributed by atoms with van der Waals surface area (Å²) in [6.45, 7) is 6.51. The van der Waals surface area contributed by atoms with Crippen LogP contribution in [0.4, 0.5) is 0 Å². The summed E-state index contributed by atoms with van der Waals surface area (Å²) in [7, 11) is 0. The molecule has 1 aromatic carbocycles. The van der Waals surface area contributed by atoms with Gasteiger partial charge in [-0.15, -0.1) is 0 Å². The van der Waals surface area contributed by atoms with Crippen molar-refractivity contribution in [2.24, 2.45) is 11.7 Å². The molecule has 1 fully saturated rings. The first-order chi connectivity index (χ1) is 8.60. The van der Waals surface area contributed by atoms with Crippen molar-refractivity contribution in [1.82, 2.24) is 4.90 Å². The van der Waals surface area contributed by atoms with Crippen LogP contribution in [0.3, 0.4) is 0 Å². The Hall–Kier alpha value is -1.35. The van der Waals surface area contributed by atoms with E-state index in [9.17, 15) is 4.79 Å². The highest BCUT2D eigenvalue weighted by atomic mass is 16.2. The molecule has 1 amide bonds. The quantitative estimate of drug-likeness (QED) is 0.878. The van der Waals surface area contributed by atoms with Crippen molar-refractivity contribution < 1.29 is 4.79 Å². The molecule has 1 heterocycles. The molecular weight excluding hydrogens is 224 g/mol. The summed E-state index contributed by atoms with van der Waals surface area (Å²) in [5.74, 6) is 0.617. The number of benzene rings is 1. The van der Waals surface area contributed by atoms with E-state index in [1.807, 2.05) is 4.90 Å². The number of amides is 1. The molecule has 0 saturated carbocycles. The molecule has 3 nitrogen and oxygen atoms in total. The fourth-order valence-electron chi connectivity index (χ4n) is 2.61. The summed E-state index contributed by atoms with van der Waals surface area (Å²) in [6.07, 6.45) is 1.57. The molecule has 0 aliphatic carbocycles. The number of nitrogens with zero attached hydrogens (tertiary/aromatic N) is 1. The fourth-order valence-corrected chi connectivity index (χ4v) is 2.61. The summed E-state index contributed by atoms with van der Waals surface area (Å²) in [5, 5.41) is 0. The molecule has 2 rings (SSSR count). The van der Waals surface area contributed by atoms with Crippen LogP contribution in [0.25, 0.3) is 0 Å². The standard InChI is InChI=1S/C15H22N2O/c1-11-3-4-14(12(2)7-11)5-6-17-10-13(9-16)8-15(17)18/h3-4,7,13H,5-6,8-10,16H2,1-2H3. The van der Waals surface area contributed by atoms with E-state index >= 15 is 0 Å². The topological polar surface area (TPSA) is 46.3 Å². The van der Waals surface area contributed by atoms with Crippen molar-refractivity contribution in [2.45, 2.75) is 26.7 Å². The van der Waals surface area contributed by atoms with E-state index in [1.165, 1.54) is 16.7 Å². The van der Waals surface area contributed by atoms with Crippen molar-refractivity contribution in [3.63, 3.8) is 0 Å². The molecule has 1 aliphatic heterocycles. The van der Waals surface area contributed by atoms with E-state index in [-0.39, 0.29) is 5.91 Å². The largest absolute Gasteiger partial charge is 0.342 e. The van der Waals surface area contributed by atoms with Crippen LogP contribution in [0.15, 0.2) is 18.2 Å². The van der Waals surface area contributed by atoms with Gasteiger partial charge in [-0.1, -0.05) is 23.8 Å². The zero-order chi connectivity index (χ0) is 13.1. The lowest BCUT2D eigenvalue weighted by atomic mass is 10.0. The Balaban J connectivity index is 1.94. The second-order valence-electron chi connectivity index (χ2n) is 5.33. The van der Waals surface area contributed by atoms with E-state index in [2.05, 4.69) is 32.0 Å². The Labute approximate surface area is 109 Å². The fraction of sp³-hybridized carbons (Fsp3) is 0.533. The van der Waals surface area contributed by atoms with Crippen molar-refractivity contribution in [1.29, 1.82) is 0 Å². The van der Waals surface area contributed by atoms with Crippen LogP contribution in [0, 0.1) is 19.8 Å². The third kappa shape index (κ3) is 2.91. The molecule has 18 heavy (non-hydrogen) atoms. The SMILES string of the molecule is Cc1ccc(CCN2CC(CN)CC2=O)c(C)c1. The summed E-state index contributed by atoms with van der Waals surface area (Å²) >= 11 is 0. The van der Waals surface area contributed by atoms with E-state index in [0.29, 0.717) is 18.9 Å². The lowest BCUT2D eigenvalue weighted by Crippen LogP contribution is -2.28. The van der Waals surface area contributed by atoms with E-state index < -0.39 is 0 Å². The number of carbonyl (C=O) groups is 1. The minimum atomic E-state index is 0.259. The smallest absolute Gasteiger partial charge is 0.222 e. The first-order valence-corrected chi connectivity index (χ1v) is 6.64. The van der Waals surface area contributed by atoms with Crippen LogP contribution in [0.1, 0.15) is 23.1 Å². The Morgan fingerprint density at radius 1 is 1.39 bits per heavy atom. The summed E-state index contributed by atoms with van der Waals surface area (Å²) in [6, 6.07) is 6.51. The molecule has 2 N–H and O–H groups in total. The maximum Gasteiger partial charge on any atom is 0.222 e. The second-order valence-corrected chi connectivity index (χ2v) is 5.33. The number of rotatable bonds is 4. The summed E-state index contributed by atoms with van der Waals surface area (Å²) in [4.78, 5) is 13.7. The maximum atomic E-state index is 11.8. The van der Waals surface area contributed by atoms with E-state index in [1.54, 1.807) is 0 Å². The number of likely N-dealkylation sites (tertiary alicyclic amines) is 1. The average molecular weight is 246 g/mol. The second kappa shape index (κ2) is 5.53. The van der Waals surface area contributed by atoms with Crippen molar-refractivity contribution in [2.75, 3.05) is 19.6 Å². The molecule has 1 saturated heterocycles. The monoisotopic (exact) mass is 246 g/mol. The molecular formula is C15H22N2O. The molecule has 1 aliphatic rings. The van der Waals surface area contributed by atoms with Gasteiger partial charge in [-0.3, -0.25) is 4.79 Å². The minimum absolute atomic E-state index is 0.259. The molecule has 1 unspecified atom stereocenters. The molecule has 0 radical (unpaired) electrons. The number of hydrogen-bond donors (Lipinski definition) is 1. The van der Waals surface area contributed by atoms with Gasteiger partial charge in [0, 0.05) is 19.5 Å². The third-order valence-corrected chi connectivity index (χ3v) is 3.78. The van der Waals surface area contributed by atoms with Crippen LogP contribution >= 0.6 is 0 Å². The van der Waals surface area contributed by atoms with Crippen LogP contribution in [0.5, 0.6) is 0 Å². The van der Waals surface area contributed by atoms with Crippen LogP contribution in [-0.4, -0.2) is 30.4 Å². The maximum absolute atomic E-state index is 11.8. The van der Waals surface area contributed by atoms with Gasteiger partial charge in [-0.25, -0.2) is 0 Å². The highest BCUT2D eigenvalue weighted by Crippen LogP contribution is 2.18. The zero-order valence-electron chi connectivity index (χ0n) is 11.3. The van der Waals surface area contributed by atoms with Gasteiger partial charge in [0.05, 0.1) is 0 Å². The average Bonchev–Trinajstić information content (AvgIpc) is 2.69. The lowest BCUT2D eigenvalue weighted by molar-refractivity contribution is -0.127. The molecule has 1 atom stereocenters. The Morgan fingerprint density at radius 2 is 2.17 bits per heavy atom. The Bertz CT molecular complexity index is 442. The normalized spacial score (nSPS) is 19.6. The molecule has 0 aromatic heterocycles.